The van der Waals surface area contributed by atoms with Crippen LogP contribution in [-0.2, 0) is 0 Å². The summed E-state index contributed by atoms with van der Waals surface area (Å²) < 4.78 is 0. The van der Waals surface area contributed by atoms with E-state index in [0.717, 1.165) is 0 Å². The fourth-order valence-corrected chi connectivity index (χ4v) is 0. The van der Waals surface area contributed by atoms with Crippen LogP contribution in [0.5, 0.6) is 0 Å². The quantitative estimate of drug-likeness (QED) is 0.295. The van der Waals surface area contributed by atoms with Crippen LogP contribution in [-0.4, -0.2) is 10.5 Å². The Morgan fingerprint density at radius 2 is 1.00 bits per heavy atom. The molecule has 0 saturated carbocycles. The molecule has 2 amide bonds. The fourth-order valence-electron chi connectivity index (χ4n) is 0. The van der Waals surface area contributed by atoms with Crippen LogP contribution in [0.4, 0.5) is 9.59 Å². The van der Waals surface area contributed by atoms with Crippen molar-refractivity contribution in [3.63, 3.8) is 0 Å². The summed E-state index contributed by atoms with van der Waals surface area (Å²) in [4.78, 5) is 18.2. The van der Waals surface area contributed by atoms with Crippen LogP contribution in [0, 0.1) is 0 Å². The lowest BCUT2D eigenvalue weighted by molar-refractivity contribution is 0.266. The Labute approximate surface area is 76.6 Å². The van der Waals surface area contributed by atoms with Gasteiger partial charge in [-0.15, -0.1) is 13.2 Å². The first-order valence-electron chi connectivity index (χ1n) is 1.93. The van der Waals surface area contributed by atoms with Crippen molar-refractivity contribution in [3.05, 3.63) is 13.2 Å². The summed E-state index contributed by atoms with van der Waals surface area (Å²) in [5.41, 5.74) is 8.67. The fraction of sp³-hybridized carbons (Fsp3) is 0. The van der Waals surface area contributed by atoms with Gasteiger partial charge in [0.25, 0.3) is 10.5 Å². The summed E-state index contributed by atoms with van der Waals surface area (Å²) >= 11 is 6.21. The SMILES string of the molecule is C=C.N.NC(=O)S.NC(=O)S. The van der Waals surface area contributed by atoms with Crippen molar-refractivity contribution in [1.82, 2.24) is 6.15 Å². The molecule has 0 heterocycles. The van der Waals surface area contributed by atoms with E-state index in [0.29, 0.717) is 0 Å². The van der Waals surface area contributed by atoms with E-state index < -0.39 is 10.5 Å². The Morgan fingerprint density at radius 3 is 1.00 bits per heavy atom. The predicted octanol–water partition coefficient (Wildman–Crippen LogP) is 0.954. The van der Waals surface area contributed by atoms with Crippen molar-refractivity contribution < 1.29 is 9.59 Å². The average Bonchev–Trinajstić information content (AvgIpc) is 1.66. The van der Waals surface area contributed by atoms with Gasteiger partial charge in [-0.25, -0.2) is 0 Å². The molecule has 0 aromatic carbocycles. The number of thiol groups is 2. The van der Waals surface area contributed by atoms with Gasteiger partial charge in [0.1, 0.15) is 0 Å². The monoisotopic (exact) mass is 199 g/mol. The summed E-state index contributed by atoms with van der Waals surface area (Å²) in [6.45, 7) is 6.00. The van der Waals surface area contributed by atoms with E-state index in [1.165, 1.54) is 0 Å². The minimum absolute atomic E-state index is 0. The zero-order valence-electron chi connectivity index (χ0n) is 5.99. The Bertz CT molecular complexity index is 89.5. The lowest BCUT2D eigenvalue weighted by Gasteiger charge is -1.59. The molecule has 0 atom stereocenters. The normalized spacial score (nSPS) is 4.91. The van der Waals surface area contributed by atoms with Crippen molar-refractivity contribution >= 4 is 35.7 Å². The highest BCUT2D eigenvalue weighted by molar-refractivity contribution is 7.96. The molecule has 0 fully saturated rings. The predicted molar refractivity (Wildman–Crippen MR) is 53.4 cm³/mol. The topological polar surface area (TPSA) is 121 Å². The summed E-state index contributed by atoms with van der Waals surface area (Å²) in [5.74, 6) is 0. The van der Waals surface area contributed by atoms with E-state index in [1.807, 2.05) is 0 Å². The highest BCUT2D eigenvalue weighted by Crippen LogP contribution is 1.61. The van der Waals surface area contributed by atoms with E-state index in [9.17, 15) is 0 Å². The minimum Gasteiger partial charge on any atom is -0.361 e. The molecule has 7 N–H and O–H groups in total. The first-order valence-corrected chi connectivity index (χ1v) is 2.83. The van der Waals surface area contributed by atoms with Gasteiger partial charge in [-0.3, -0.25) is 9.59 Å². The third kappa shape index (κ3) is 1160. The van der Waals surface area contributed by atoms with Crippen LogP contribution < -0.4 is 17.6 Å². The number of rotatable bonds is 0. The maximum absolute atomic E-state index is 9.09. The molecule has 68 valence electrons. The Balaban J connectivity index is -0.0000000339. The first kappa shape index (κ1) is 22.4. The molecule has 5 nitrogen and oxygen atoms in total. The molecular weight excluding hydrogens is 186 g/mol. The summed E-state index contributed by atoms with van der Waals surface area (Å²) in [7, 11) is 0. The van der Waals surface area contributed by atoms with Gasteiger partial charge in [-0.05, 0) is 0 Å². The minimum atomic E-state index is -0.639. The lowest BCUT2D eigenvalue weighted by atomic mass is 11.3. The third-order valence-corrected chi connectivity index (χ3v) is 0. The number of hydrogen-bond donors (Lipinski definition) is 5. The summed E-state index contributed by atoms with van der Waals surface area (Å²) in [6, 6.07) is 0. The van der Waals surface area contributed by atoms with Crippen LogP contribution in [0.25, 0.3) is 0 Å². The first-order chi connectivity index (χ1) is 4.46. The molecule has 0 saturated heterocycles. The second kappa shape index (κ2) is 22.8. The van der Waals surface area contributed by atoms with Gasteiger partial charge in [0.05, 0.1) is 0 Å². The molecule has 0 aliphatic rings. The van der Waals surface area contributed by atoms with Gasteiger partial charge in [-0.1, -0.05) is 25.3 Å². The number of amides is 2. The molecule has 0 spiro atoms. The number of carbonyl (C=O) groups excluding carboxylic acids is 2. The number of carbonyl (C=O) groups is 2. The number of primary amides is 2. The van der Waals surface area contributed by atoms with E-state index in [2.05, 4.69) is 49.9 Å². The molecule has 11 heavy (non-hydrogen) atoms. The van der Waals surface area contributed by atoms with Crippen LogP contribution in [0.3, 0.4) is 0 Å². The van der Waals surface area contributed by atoms with Crippen molar-refractivity contribution in [2.45, 2.75) is 0 Å². The Kier molecular flexibility index (Phi) is 46.5. The number of nitrogens with two attached hydrogens (primary N) is 2. The number of hydrogen-bond acceptors (Lipinski definition) is 3. The summed E-state index contributed by atoms with van der Waals surface area (Å²) in [5, 5.41) is -1.28. The van der Waals surface area contributed by atoms with Crippen molar-refractivity contribution in [2.24, 2.45) is 11.5 Å². The molecule has 0 aliphatic carbocycles. The van der Waals surface area contributed by atoms with Crippen molar-refractivity contribution in [3.8, 4) is 0 Å². The van der Waals surface area contributed by atoms with Gasteiger partial charge < -0.3 is 17.6 Å². The van der Waals surface area contributed by atoms with Gasteiger partial charge in [0.15, 0.2) is 0 Å². The second-order valence-corrected chi connectivity index (χ2v) is 1.56. The molecule has 0 bridgehead atoms. The zero-order chi connectivity index (χ0) is 9.15. The standard InChI is InChI=1S/C2H4.2CH3NOS.H3N/c1-2;2*2-1(3)4;/h1-2H2;2*(H3,2,3,4);1H3. The Hall–Kier alpha value is -0.660. The van der Waals surface area contributed by atoms with E-state index in [1.54, 1.807) is 0 Å². The molecule has 7 heteroatoms. The van der Waals surface area contributed by atoms with E-state index in [-0.39, 0.29) is 6.15 Å². The largest absolute Gasteiger partial charge is 0.361 e. The maximum atomic E-state index is 9.09. The molecule has 0 aromatic heterocycles. The molecule has 0 aliphatic heterocycles. The van der Waals surface area contributed by atoms with Crippen LogP contribution in [0.1, 0.15) is 0 Å². The molecule has 0 rings (SSSR count). The van der Waals surface area contributed by atoms with Gasteiger partial charge in [-0.2, -0.15) is 0 Å². The van der Waals surface area contributed by atoms with Crippen LogP contribution in [0.2, 0.25) is 0 Å². The Morgan fingerprint density at radius 1 is 1.00 bits per heavy atom. The second-order valence-electron chi connectivity index (χ2n) is 0.676. The van der Waals surface area contributed by atoms with E-state index >= 15 is 0 Å². The van der Waals surface area contributed by atoms with Gasteiger partial charge in [0, 0.05) is 0 Å². The smallest absolute Gasteiger partial charge is 0.273 e. The highest BCUT2D eigenvalue weighted by Gasteiger charge is 1.63. The highest BCUT2D eigenvalue weighted by atomic mass is 32.1. The van der Waals surface area contributed by atoms with Gasteiger partial charge >= 0.3 is 0 Å². The molecule has 0 unspecified atom stereocenters. The lowest BCUT2D eigenvalue weighted by Crippen LogP contribution is -1.95. The molecular formula is C4H13N3O2S2. The maximum Gasteiger partial charge on any atom is 0.273 e. The van der Waals surface area contributed by atoms with Gasteiger partial charge in [0.2, 0.25) is 0 Å². The summed E-state index contributed by atoms with van der Waals surface area (Å²) in [6.07, 6.45) is 0. The molecule has 0 aromatic rings. The van der Waals surface area contributed by atoms with Crippen molar-refractivity contribution in [1.29, 1.82) is 0 Å². The van der Waals surface area contributed by atoms with Crippen molar-refractivity contribution in [2.75, 3.05) is 0 Å². The third-order valence-electron chi connectivity index (χ3n) is 0. The van der Waals surface area contributed by atoms with Crippen LogP contribution >= 0.6 is 25.3 Å². The van der Waals surface area contributed by atoms with E-state index in [4.69, 9.17) is 9.59 Å². The average molecular weight is 199 g/mol. The van der Waals surface area contributed by atoms with Crippen LogP contribution in [0.15, 0.2) is 13.2 Å². The zero-order valence-corrected chi connectivity index (χ0v) is 7.78. The molecule has 0 radical (unpaired) electrons.